The molecule has 0 radical (unpaired) electrons. The van der Waals surface area contributed by atoms with Gasteiger partial charge < -0.3 is 15.1 Å². The van der Waals surface area contributed by atoms with Crippen molar-refractivity contribution in [2.24, 2.45) is 0 Å². The summed E-state index contributed by atoms with van der Waals surface area (Å²) < 4.78 is 0. The highest BCUT2D eigenvalue weighted by molar-refractivity contribution is 5.80. The molecule has 0 aliphatic carbocycles. The van der Waals surface area contributed by atoms with E-state index in [2.05, 4.69) is 40.5 Å². The number of nitrogens with zero attached hydrogens (tertiary/aromatic N) is 2. The largest absolute Gasteiger partial charge is 0.347 e. The predicted molar refractivity (Wildman–Crippen MR) is 86.3 cm³/mol. The van der Waals surface area contributed by atoms with Gasteiger partial charge in [-0.1, -0.05) is 30.3 Å². The summed E-state index contributed by atoms with van der Waals surface area (Å²) in [6.45, 7) is 5.21. The molecule has 0 bridgehead atoms. The van der Waals surface area contributed by atoms with Gasteiger partial charge in [0.2, 0.25) is 5.91 Å². The van der Waals surface area contributed by atoms with Crippen LogP contribution in [0, 0.1) is 0 Å². The van der Waals surface area contributed by atoms with Gasteiger partial charge in [0.05, 0.1) is 6.04 Å². The molecule has 1 aromatic carbocycles. The lowest BCUT2D eigenvalue weighted by molar-refractivity contribution is -0.130. The summed E-state index contributed by atoms with van der Waals surface area (Å²) in [6, 6.07) is 10.9. The third-order valence-electron chi connectivity index (χ3n) is 4.13. The zero-order chi connectivity index (χ0) is 15.2. The second kappa shape index (κ2) is 7.57. The van der Waals surface area contributed by atoms with E-state index in [-0.39, 0.29) is 11.9 Å². The number of hydrogen-bond acceptors (Lipinski definition) is 3. The first-order valence-electron chi connectivity index (χ1n) is 7.79. The minimum Gasteiger partial charge on any atom is -0.347 e. The molecule has 2 unspecified atom stereocenters. The van der Waals surface area contributed by atoms with E-state index in [1.165, 1.54) is 5.56 Å². The first-order valence-corrected chi connectivity index (χ1v) is 7.79. The van der Waals surface area contributed by atoms with Gasteiger partial charge in [0.15, 0.2) is 0 Å². The maximum Gasteiger partial charge on any atom is 0.238 e. The number of likely N-dealkylation sites (tertiary alicyclic amines) is 1. The topological polar surface area (TPSA) is 35.6 Å². The number of carbonyl (C=O) groups is 1. The average molecular weight is 289 g/mol. The van der Waals surface area contributed by atoms with Crippen LogP contribution in [-0.2, 0) is 11.2 Å². The first kappa shape index (κ1) is 16.0. The number of hydrogen-bond donors (Lipinski definition) is 1. The maximum absolute atomic E-state index is 11.9. The van der Waals surface area contributed by atoms with E-state index in [0.717, 1.165) is 32.5 Å². The SMILES string of the molecule is CC(NC1CCN(CCc2ccccc2)C1)C(=O)N(C)C. The highest BCUT2D eigenvalue weighted by Gasteiger charge is 2.25. The van der Waals surface area contributed by atoms with Gasteiger partial charge in [-0.3, -0.25) is 4.79 Å². The fourth-order valence-electron chi connectivity index (χ4n) is 2.92. The summed E-state index contributed by atoms with van der Waals surface area (Å²) >= 11 is 0. The van der Waals surface area contributed by atoms with Crippen molar-refractivity contribution in [3.05, 3.63) is 35.9 Å². The van der Waals surface area contributed by atoms with E-state index >= 15 is 0 Å². The number of rotatable bonds is 6. The first-order chi connectivity index (χ1) is 10.1. The van der Waals surface area contributed by atoms with Gasteiger partial charge in [-0.05, 0) is 31.9 Å². The molecule has 1 amide bonds. The van der Waals surface area contributed by atoms with Crippen molar-refractivity contribution in [2.75, 3.05) is 33.7 Å². The summed E-state index contributed by atoms with van der Waals surface area (Å²) in [5.41, 5.74) is 1.39. The lowest BCUT2D eigenvalue weighted by Crippen LogP contribution is -2.47. The Morgan fingerprint density at radius 3 is 2.76 bits per heavy atom. The van der Waals surface area contributed by atoms with Crippen molar-refractivity contribution in [2.45, 2.75) is 31.8 Å². The molecule has 1 aromatic rings. The van der Waals surface area contributed by atoms with Crippen molar-refractivity contribution >= 4 is 5.91 Å². The summed E-state index contributed by atoms with van der Waals surface area (Å²) in [7, 11) is 3.61. The van der Waals surface area contributed by atoms with Crippen molar-refractivity contribution in [3.63, 3.8) is 0 Å². The van der Waals surface area contributed by atoms with Gasteiger partial charge in [-0.15, -0.1) is 0 Å². The van der Waals surface area contributed by atoms with Crippen LogP contribution in [0.15, 0.2) is 30.3 Å². The van der Waals surface area contributed by atoms with Gasteiger partial charge in [0.1, 0.15) is 0 Å². The summed E-state index contributed by atoms with van der Waals surface area (Å²) in [6.07, 6.45) is 2.22. The minimum atomic E-state index is -0.0981. The van der Waals surface area contributed by atoms with E-state index < -0.39 is 0 Å². The molecule has 21 heavy (non-hydrogen) atoms. The fraction of sp³-hybridized carbons (Fsp3) is 0.588. The lowest BCUT2D eigenvalue weighted by atomic mass is 10.1. The zero-order valence-electron chi connectivity index (χ0n) is 13.4. The molecule has 1 N–H and O–H groups in total. The van der Waals surface area contributed by atoms with Crippen LogP contribution in [0.25, 0.3) is 0 Å². The van der Waals surface area contributed by atoms with Crippen molar-refractivity contribution in [3.8, 4) is 0 Å². The number of benzene rings is 1. The molecule has 4 nitrogen and oxygen atoms in total. The smallest absolute Gasteiger partial charge is 0.238 e. The van der Waals surface area contributed by atoms with Crippen LogP contribution in [0.3, 0.4) is 0 Å². The third-order valence-corrected chi connectivity index (χ3v) is 4.13. The van der Waals surface area contributed by atoms with E-state index in [1.807, 2.05) is 6.92 Å². The van der Waals surface area contributed by atoms with Gasteiger partial charge in [0.25, 0.3) is 0 Å². The van der Waals surface area contributed by atoms with Crippen LogP contribution >= 0.6 is 0 Å². The summed E-state index contributed by atoms with van der Waals surface area (Å²) in [5, 5.41) is 3.46. The highest BCUT2D eigenvalue weighted by Crippen LogP contribution is 2.11. The van der Waals surface area contributed by atoms with Crippen molar-refractivity contribution in [1.82, 2.24) is 15.1 Å². The van der Waals surface area contributed by atoms with E-state index in [1.54, 1.807) is 19.0 Å². The molecule has 1 saturated heterocycles. The Kier molecular flexibility index (Phi) is 5.76. The standard InChI is InChI=1S/C17H27N3O/c1-14(17(21)19(2)3)18-16-10-12-20(13-16)11-9-15-7-5-4-6-8-15/h4-8,14,16,18H,9-13H2,1-3H3. The number of carbonyl (C=O) groups excluding carboxylic acids is 1. The van der Waals surface area contributed by atoms with Crippen LogP contribution in [0.1, 0.15) is 18.9 Å². The average Bonchev–Trinajstić information content (AvgIpc) is 2.92. The Balaban J connectivity index is 1.72. The van der Waals surface area contributed by atoms with Gasteiger partial charge in [0, 0.05) is 33.2 Å². The molecule has 1 fully saturated rings. The fourth-order valence-corrected chi connectivity index (χ4v) is 2.92. The molecule has 4 heteroatoms. The Morgan fingerprint density at radius 2 is 2.10 bits per heavy atom. The van der Waals surface area contributed by atoms with Crippen molar-refractivity contribution < 1.29 is 4.79 Å². The number of amides is 1. The molecule has 1 heterocycles. The van der Waals surface area contributed by atoms with Crippen LogP contribution in [0.5, 0.6) is 0 Å². The van der Waals surface area contributed by atoms with E-state index in [0.29, 0.717) is 6.04 Å². The summed E-state index contributed by atoms with van der Waals surface area (Å²) in [4.78, 5) is 16.0. The zero-order valence-corrected chi connectivity index (χ0v) is 13.4. The summed E-state index contributed by atoms with van der Waals surface area (Å²) in [5.74, 6) is 0.151. The van der Waals surface area contributed by atoms with Gasteiger partial charge >= 0.3 is 0 Å². The third kappa shape index (κ3) is 4.83. The molecular weight excluding hydrogens is 262 g/mol. The number of nitrogens with one attached hydrogen (secondary N) is 1. The quantitative estimate of drug-likeness (QED) is 0.859. The maximum atomic E-state index is 11.9. The van der Waals surface area contributed by atoms with E-state index in [4.69, 9.17) is 0 Å². The Labute approximate surface area is 128 Å². The van der Waals surface area contributed by atoms with Crippen molar-refractivity contribution in [1.29, 1.82) is 0 Å². The molecular formula is C17H27N3O. The Hall–Kier alpha value is -1.39. The monoisotopic (exact) mass is 289 g/mol. The molecule has 0 aromatic heterocycles. The van der Waals surface area contributed by atoms with Gasteiger partial charge in [-0.25, -0.2) is 0 Å². The lowest BCUT2D eigenvalue weighted by Gasteiger charge is -2.22. The Bertz CT molecular complexity index is 447. The predicted octanol–water partition coefficient (Wildman–Crippen LogP) is 1.37. The van der Waals surface area contributed by atoms with Crippen LogP contribution in [-0.4, -0.2) is 61.5 Å². The highest BCUT2D eigenvalue weighted by atomic mass is 16.2. The molecule has 0 saturated carbocycles. The van der Waals surface area contributed by atoms with Crippen LogP contribution in [0.2, 0.25) is 0 Å². The molecule has 116 valence electrons. The Morgan fingerprint density at radius 1 is 1.38 bits per heavy atom. The molecule has 2 atom stereocenters. The molecule has 1 aliphatic heterocycles. The minimum absolute atomic E-state index is 0.0981. The second-order valence-corrected chi connectivity index (χ2v) is 6.14. The number of likely N-dealkylation sites (N-methyl/N-ethyl adjacent to an activating group) is 1. The second-order valence-electron chi connectivity index (χ2n) is 6.14. The normalized spacial score (nSPS) is 20.4. The van der Waals surface area contributed by atoms with Crippen LogP contribution in [0.4, 0.5) is 0 Å². The molecule has 0 spiro atoms. The van der Waals surface area contributed by atoms with Crippen LogP contribution < -0.4 is 5.32 Å². The molecule has 1 aliphatic rings. The van der Waals surface area contributed by atoms with E-state index in [9.17, 15) is 4.79 Å². The molecule has 2 rings (SSSR count). The van der Waals surface area contributed by atoms with Gasteiger partial charge in [-0.2, -0.15) is 0 Å².